The SMILES string of the molecule is C=CCc1c(C)ccc(OS(=O)(=O)c2cccc(C)c2)c1OCc1ccccc1. The predicted molar refractivity (Wildman–Crippen MR) is 115 cm³/mol. The van der Waals surface area contributed by atoms with Crippen LogP contribution in [-0.2, 0) is 23.1 Å². The number of hydrogen-bond acceptors (Lipinski definition) is 4. The van der Waals surface area contributed by atoms with Crippen molar-refractivity contribution in [3.05, 3.63) is 102 Å². The lowest BCUT2D eigenvalue weighted by Gasteiger charge is -2.18. The van der Waals surface area contributed by atoms with Gasteiger partial charge in [0.15, 0.2) is 11.5 Å². The zero-order valence-corrected chi connectivity index (χ0v) is 17.4. The summed E-state index contributed by atoms with van der Waals surface area (Å²) in [5.41, 5.74) is 3.65. The van der Waals surface area contributed by atoms with Crippen LogP contribution in [-0.4, -0.2) is 8.42 Å². The van der Waals surface area contributed by atoms with Crippen LogP contribution in [0.1, 0.15) is 22.3 Å². The third kappa shape index (κ3) is 5.06. The first-order valence-electron chi connectivity index (χ1n) is 9.32. The van der Waals surface area contributed by atoms with Crippen molar-refractivity contribution in [2.45, 2.75) is 31.8 Å². The van der Waals surface area contributed by atoms with E-state index in [-0.39, 0.29) is 10.6 Å². The number of allylic oxidation sites excluding steroid dienone is 1. The Hall–Kier alpha value is -3.05. The van der Waals surface area contributed by atoms with Crippen LogP contribution in [0.2, 0.25) is 0 Å². The quantitative estimate of drug-likeness (QED) is 0.371. The molecule has 0 radical (unpaired) electrons. The summed E-state index contributed by atoms with van der Waals surface area (Å²) in [5, 5.41) is 0. The molecule has 150 valence electrons. The van der Waals surface area contributed by atoms with Gasteiger partial charge in [0.05, 0.1) is 0 Å². The van der Waals surface area contributed by atoms with Gasteiger partial charge < -0.3 is 8.92 Å². The van der Waals surface area contributed by atoms with Crippen LogP contribution in [0, 0.1) is 13.8 Å². The topological polar surface area (TPSA) is 52.6 Å². The van der Waals surface area contributed by atoms with E-state index < -0.39 is 10.1 Å². The zero-order valence-electron chi connectivity index (χ0n) is 16.6. The molecular weight excluding hydrogens is 384 g/mol. The fraction of sp³-hybridized carbons (Fsp3) is 0.167. The number of benzene rings is 3. The molecule has 0 saturated heterocycles. The second-order valence-electron chi connectivity index (χ2n) is 6.81. The Bertz CT molecular complexity index is 1100. The van der Waals surface area contributed by atoms with Gasteiger partial charge in [-0.15, -0.1) is 6.58 Å². The summed E-state index contributed by atoms with van der Waals surface area (Å²) < 4.78 is 37.2. The summed E-state index contributed by atoms with van der Waals surface area (Å²) in [6.07, 6.45) is 2.30. The lowest BCUT2D eigenvalue weighted by Crippen LogP contribution is -2.12. The minimum absolute atomic E-state index is 0.109. The molecule has 0 heterocycles. The van der Waals surface area contributed by atoms with Gasteiger partial charge in [-0.1, -0.05) is 54.6 Å². The normalized spacial score (nSPS) is 11.1. The lowest BCUT2D eigenvalue weighted by molar-refractivity contribution is 0.293. The maximum absolute atomic E-state index is 12.8. The van der Waals surface area contributed by atoms with Crippen molar-refractivity contribution in [2.24, 2.45) is 0 Å². The molecule has 0 atom stereocenters. The highest BCUT2D eigenvalue weighted by molar-refractivity contribution is 7.87. The molecule has 0 saturated carbocycles. The van der Waals surface area contributed by atoms with Crippen molar-refractivity contribution in [2.75, 3.05) is 0 Å². The monoisotopic (exact) mass is 408 g/mol. The van der Waals surface area contributed by atoms with E-state index in [9.17, 15) is 8.42 Å². The molecule has 0 N–H and O–H groups in total. The summed E-state index contributed by atoms with van der Waals surface area (Å²) in [5.74, 6) is 0.592. The van der Waals surface area contributed by atoms with Gasteiger partial charge in [0.1, 0.15) is 11.5 Å². The molecule has 4 nitrogen and oxygen atoms in total. The largest absolute Gasteiger partial charge is 0.485 e. The summed E-state index contributed by atoms with van der Waals surface area (Å²) in [6.45, 7) is 7.89. The molecular formula is C24H24O4S. The Kier molecular flexibility index (Phi) is 6.39. The van der Waals surface area contributed by atoms with Crippen LogP contribution in [0.5, 0.6) is 11.5 Å². The van der Waals surface area contributed by atoms with E-state index in [2.05, 4.69) is 6.58 Å². The molecule has 0 fully saturated rings. The molecule has 0 bridgehead atoms. The Morgan fingerprint density at radius 3 is 2.41 bits per heavy atom. The highest BCUT2D eigenvalue weighted by atomic mass is 32.2. The van der Waals surface area contributed by atoms with Crippen LogP contribution in [0.25, 0.3) is 0 Å². The number of rotatable bonds is 8. The van der Waals surface area contributed by atoms with Crippen LogP contribution >= 0.6 is 0 Å². The Balaban J connectivity index is 1.99. The van der Waals surface area contributed by atoms with Crippen molar-refractivity contribution in [1.29, 1.82) is 0 Å². The number of ether oxygens (including phenoxy) is 1. The van der Waals surface area contributed by atoms with Crippen molar-refractivity contribution in [3.63, 3.8) is 0 Å². The van der Waals surface area contributed by atoms with E-state index in [0.717, 1.165) is 22.3 Å². The maximum Gasteiger partial charge on any atom is 0.339 e. The maximum atomic E-state index is 12.8. The van der Waals surface area contributed by atoms with Crippen molar-refractivity contribution >= 4 is 10.1 Å². The third-order valence-electron chi connectivity index (χ3n) is 4.51. The van der Waals surface area contributed by atoms with Gasteiger partial charge in [-0.05, 0) is 55.2 Å². The van der Waals surface area contributed by atoms with Gasteiger partial charge in [0.25, 0.3) is 0 Å². The average Bonchev–Trinajstić information content (AvgIpc) is 2.70. The van der Waals surface area contributed by atoms with E-state index in [1.165, 1.54) is 6.07 Å². The van der Waals surface area contributed by atoms with Gasteiger partial charge in [-0.3, -0.25) is 0 Å². The average molecular weight is 409 g/mol. The van der Waals surface area contributed by atoms with E-state index >= 15 is 0 Å². The highest BCUT2D eigenvalue weighted by Crippen LogP contribution is 2.36. The molecule has 0 aliphatic carbocycles. The highest BCUT2D eigenvalue weighted by Gasteiger charge is 2.22. The van der Waals surface area contributed by atoms with Gasteiger partial charge in [0.2, 0.25) is 0 Å². The number of hydrogen-bond donors (Lipinski definition) is 0. The van der Waals surface area contributed by atoms with Crippen molar-refractivity contribution in [1.82, 2.24) is 0 Å². The van der Waals surface area contributed by atoms with Gasteiger partial charge in [-0.25, -0.2) is 0 Å². The standard InChI is InChI=1S/C24H24O4S/c1-4-9-22-19(3)14-15-23(24(22)27-17-20-11-6-5-7-12-20)28-29(25,26)21-13-8-10-18(2)16-21/h4-8,10-16H,1,9,17H2,2-3H3. The molecule has 3 rings (SSSR count). The van der Waals surface area contributed by atoms with Crippen LogP contribution in [0.3, 0.4) is 0 Å². The van der Waals surface area contributed by atoms with E-state index in [0.29, 0.717) is 18.8 Å². The van der Waals surface area contributed by atoms with Crippen LogP contribution in [0.4, 0.5) is 0 Å². The van der Waals surface area contributed by atoms with E-state index in [1.807, 2.05) is 56.3 Å². The van der Waals surface area contributed by atoms with Crippen LogP contribution in [0.15, 0.2) is 84.3 Å². The van der Waals surface area contributed by atoms with Crippen molar-refractivity contribution in [3.8, 4) is 11.5 Å². The molecule has 5 heteroatoms. The lowest BCUT2D eigenvalue weighted by atomic mass is 10.0. The molecule has 3 aromatic rings. The molecule has 0 aliphatic heterocycles. The first-order valence-corrected chi connectivity index (χ1v) is 10.7. The molecule has 0 amide bonds. The Morgan fingerprint density at radius 1 is 0.966 bits per heavy atom. The molecule has 0 aromatic heterocycles. The predicted octanol–water partition coefficient (Wildman–Crippen LogP) is 5.38. The second kappa shape index (κ2) is 8.97. The number of aryl methyl sites for hydroxylation is 2. The minimum atomic E-state index is -3.99. The zero-order chi connectivity index (χ0) is 20.9. The van der Waals surface area contributed by atoms with Gasteiger partial charge in [0, 0.05) is 5.56 Å². The summed E-state index contributed by atoms with van der Waals surface area (Å²) in [4.78, 5) is 0.109. The molecule has 29 heavy (non-hydrogen) atoms. The molecule has 0 aliphatic rings. The van der Waals surface area contributed by atoms with E-state index in [1.54, 1.807) is 24.3 Å². The third-order valence-corrected chi connectivity index (χ3v) is 5.74. The first kappa shape index (κ1) is 20.7. The summed E-state index contributed by atoms with van der Waals surface area (Å²) in [7, 11) is -3.99. The molecule has 0 spiro atoms. The van der Waals surface area contributed by atoms with E-state index in [4.69, 9.17) is 8.92 Å². The Labute approximate surface area is 172 Å². The second-order valence-corrected chi connectivity index (χ2v) is 8.36. The Morgan fingerprint density at radius 2 is 1.72 bits per heavy atom. The van der Waals surface area contributed by atoms with Crippen molar-refractivity contribution < 1.29 is 17.3 Å². The fourth-order valence-electron chi connectivity index (χ4n) is 2.99. The smallest absolute Gasteiger partial charge is 0.339 e. The fourth-order valence-corrected chi connectivity index (χ4v) is 4.03. The first-order chi connectivity index (χ1) is 13.9. The van der Waals surface area contributed by atoms with Crippen LogP contribution < -0.4 is 8.92 Å². The summed E-state index contributed by atoms with van der Waals surface area (Å²) >= 11 is 0. The molecule has 0 unspecified atom stereocenters. The minimum Gasteiger partial charge on any atom is -0.485 e. The van der Waals surface area contributed by atoms with Gasteiger partial charge >= 0.3 is 10.1 Å². The molecule has 3 aromatic carbocycles. The summed E-state index contributed by atoms with van der Waals surface area (Å²) in [6, 6.07) is 19.8. The van der Waals surface area contributed by atoms with Gasteiger partial charge in [-0.2, -0.15) is 8.42 Å².